The van der Waals surface area contributed by atoms with E-state index in [1.54, 1.807) is 12.1 Å². The average molecular weight is 483 g/mol. The van der Waals surface area contributed by atoms with E-state index in [-0.39, 0.29) is 25.3 Å². The second kappa shape index (κ2) is 13.0. The average Bonchev–Trinajstić information content (AvgIpc) is 2.83. The summed E-state index contributed by atoms with van der Waals surface area (Å²) in [6.45, 7) is 2.82. The smallest absolute Gasteiger partial charge is 0.224 e. The number of aliphatic hydroxyl groups is 1. The molecule has 0 aromatic heterocycles. The van der Waals surface area contributed by atoms with Crippen LogP contribution in [-0.2, 0) is 30.6 Å². The molecule has 0 aliphatic rings. The Morgan fingerprint density at radius 1 is 0.971 bits per heavy atom. The quantitative estimate of drug-likeness (QED) is 0.366. The van der Waals surface area contributed by atoms with Gasteiger partial charge in [0.15, 0.2) is 0 Å². The number of methoxy groups -OCH3 is 1. The second-order valence-electron chi connectivity index (χ2n) is 8.52. The normalized spacial score (nSPS) is 12.7. The van der Waals surface area contributed by atoms with Crippen LogP contribution in [0.5, 0.6) is 5.75 Å². The maximum atomic E-state index is 13.7. The van der Waals surface area contributed by atoms with Crippen molar-refractivity contribution in [3.8, 4) is 5.75 Å². The number of nitrogens with one attached hydrogen (secondary N) is 2. The first-order valence-corrected chi connectivity index (χ1v) is 11.7. The van der Waals surface area contributed by atoms with Crippen LogP contribution in [0.15, 0.2) is 66.7 Å². The molecule has 0 unspecified atom stereocenters. The molecule has 2 atom stereocenters. The number of aryl methyl sites for hydroxylation is 1. The van der Waals surface area contributed by atoms with E-state index in [4.69, 9.17) is 4.74 Å². The topological polar surface area (TPSA) is 70.6 Å². The van der Waals surface area contributed by atoms with Crippen LogP contribution < -0.4 is 15.4 Å². The van der Waals surface area contributed by atoms with Crippen molar-refractivity contribution >= 4 is 5.91 Å². The van der Waals surface area contributed by atoms with Gasteiger partial charge in [0.25, 0.3) is 0 Å². The highest BCUT2D eigenvalue weighted by atomic mass is 19.1. The Labute approximate surface area is 205 Å². The molecule has 3 aromatic carbocycles. The highest BCUT2D eigenvalue weighted by Gasteiger charge is 2.23. The van der Waals surface area contributed by atoms with Crippen molar-refractivity contribution in [2.75, 3.05) is 13.7 Å². The number of hydrogen-bond acceptors (Lipinski definition) is 4. The summed E-state index contributed by atoms with van der Waals surface area (Å²) in [7, 11) is 1.53. The molecule has 186 valence electrons. The summed E-state index contributed by atoms with van der Waals surface area (Å²) in [6.07, 6.45) is 0.0565. The van der Waals surface area contributed by atoms with Gasteiger partial charge < -0.3 is 20.5 Å². The van der Waals surface area contributed by atoms with Gasteiger partial charge in [-0.1, -0.05) is 49.4 Å². The van der Waals surface area contributed by atoms with Crippen LogP contribution in [0.1, 0.15) is 29.2 Å². The molecule has 0 spiro atoms. The molecule has 0 aliphatic carbocycles. The first-order valence-electron chi connectivity index (χ1n) is 11.7. The monoisotopic (exact) mass is 482 g/mol. The van der Waals surface area contributed by atoms with Crippen molar-refractivity contribution in [1.82, 2.24) is 10.6 Å². The Bertz CT molecular complexity index is 1100. The number of benzene rings is 3. The third kappa shape index (κ3) is 8.16. The van der Waals surface area contributed by atoms with E-state index < -0.39 is 23.8 Å². The van der Waals surface area contributed by atoms with E-state index in [0.717, 1.165) is 18.1 Å². The van der Waals surface area contributed by atoms with Gasteiger partial charge in [0, 0.05) is 24.7 Å². The molecule has 35 heavy (non-hydrogen) atoms. The molecule has 3 N–H and O–H groups in total. The second-order valence-corrected chi connectivity index (χ2v) is 8.52. The number of ether oxygens (including phenoxy) is 1. The standard InChI is InChI=1S/C28H32F2N2O3/c1-3-19-7-6-8-20(11-19)17-31-18-26(33)25(14-21-12-23(29)16-24(30)13-21)32-28(34)15-22-9-4-5-10-27(22)35-2/h4-13,16,25-26,31,33H,3,14-15,17-18H2,1-2H3,(H,32,34)/t25-,26+/m0/s1. The summed E-state index contributed by atoms with van der Waals surface area (Å²) >= 11 is 0. The SMILES string of the molecule is CCc1cccc(CNC[C@@H](O)[C@H](Cc2cc(F)cc(F)c2)NC(=O)Cc2ccccc2OC)c1. The molecule has 0 bridgehead atoms. The number of halogens is 2. The van der Waals surface area contributed by atoms with E-state index in [9.17, 15) is 18.7 Å². The molecule has 3 rings (SSSR count). The molecule has 0 fully saturated rings. The maximum Gasteiger partial charge on any atom is 0.224 e. The largest absolute Gasteiger partial charge is 0.496 e. The van der Waals surface area contributed by atoms with Gasteiger partial charge in [-0.05, 0) is 47.7 Å². The summed E-state index contributed by atoms with van der Waals surface area (Å²) < 4.78 is 32.8. The number of rotatable bonds is 12. The Morgan fingerprint density at radius 3 is 2.40 bits per heavy atom. The summed E-state index contributed by atoms with van der Waals surface area (Å²) in [5, 5.41) is 17.0. The number of carbonyl (C=O) groups excluding carboxylic acids is 1. The van der Waals surface area contributed by atoms with E-state index in [2.05, 4.69) is 29.7 Å². The van der Waals surface area contributed by atoms with Crippen LogP contribution >= 0.6 is 0 Å². The number of amides is 1. The number of para-hydroxylation sites is 1. The molecule has 0 aliphatic heterocycles. The van der Waals surface area contributed by atoms with E-state index in [0.29, 0.717) is 23.4 Å². The fourth-order valence-electron chi connectivity index (χ4n) is 4.01. The third-order valence-corrected chi connectivity index (χ3v) is 5.81. The summed E-state index contributed by atoms with van der Waals surface area (Å²) in [4.78, 5) is 12.8. The van der Waals surface area contributed by atoms with Gasteiger partial charge in [-0.2, -0.15) is 0 Å². The first kappa shape index (κ1) is 26.3. The minimum Gasteiger partial charge on any atom is -0.496 e. The van der Waals surface area contributed by atoms with Crippen molar-refractivity contribution in [3.63, 3.8) is 0 Å². The van der Waals surface area contributed by atoms with Crippen LogP contribution in [0.25, 0.3) is 0 Å². The summed E-state index contributed by atoms with van der Waals surface area (Å²) in [5.74, 6) is -1.15. The summed E-state index contributed by atoms with van der Waals surface area (Å²) in [6, 6.07) is 17.8. The lowest BCUT2D eigenvalue weighted by atomic mass is 10.00. The van der Waals surface area contributed by atoms with Gasteiger partial charge in [-0.25, -0.2) is 8.78 Å². The number of aliphatic hydroxyl groups excluding tert-OH is 1. The predicted molar refractivity (Wildman–Crippen MR) is 132 cm³/mol. The fourth-order valence-corrected chi connectivity index (χ4v) is 4.01. The zero-order valence-corrected chi connectivity index (χ0v) is 20.1. The Hall–Kier alpha value is -3.29. The van der Waals surface area contributed by atoms with Gasteiger partial charge in [-0.3, -0.25) is 4.79 Å². The third-order valence-electron chi connectivity index (χ3n) is 5.81. The Kier molecular flexibility index (Phi) is 9.76. The van der Waals surface area contributed by atoms with E-state index in [1.165, 1.54) is 24.8 Å². The van der Waals surface area contributed by atoms with Crippen LogP contribution in [0.2, 0.25) is 0 Å². The molecule has 0 radical (unpaired) electrons. The maximum absolute atomic E-state index is 13.7. The Balaban J connectivity index is 1.68. The minimum atomic E-state index is -0.989. The molecular weight excluding hydrogens is 450 g/mol. The van der Waals surface area contributed by atoms with Crippen molar-refractivity contribution in [1.29, 1.82) is 0 Å². The molecule has 5 nitrogen and oxygen atoms in total. The van der Waals surface area contributed by atoms with Crippen LogP contribution in [-0.4, -0.2) is 36.8 Å². The zero-order valence-electron chi connectivity index (χ0n) is 20.1. The summed E-state index contributed by atoms with van der Waals surface area (Å²) in [5.41, 5.74) is 3.35. The molecule has 3 aromatic rings. The molecule has 1 amide bonds. The van der Waals surface area contributed by atoms with Gasteiger partial charge in [-0.15, -0.1) is 0 Å². The van der Waals surface area contributed by atoms with Crippen molar-refractivity contribution < 1.29 is 23.4 Å². The minimum absolute atomic E-state index is 0.0436. The predicted octanol–water partition coefficient (Wildman–Crippen LogP) is 3.96. The zero-order chi connectivity index (χ0) is 25.2. The van der Waals surface area contributed by atoms with E-state index in [1.807, 2.05) is 24.3 Å². The molecule has 0 saturated heterocycles. The van der Waals surface area contributed by atoms with Gasteiger partial charge in [0.05, 0.1) is 25.7 Å². The fraction of sp³-hybridized carbons (Fsp3) is 0.321. The van der Waals surface area contributed by atoms with Gasteiger partial charge in [0.2, 0.25) is 5.91 Å². The van der Waals surface area contributed by atoms with Crippen LogP contribution in [0.4, 0.5) is 8.78 Å². The lowest BCUT2D eigenvalue weighted by molar-refractivity contribution is -0.122. The van der Waals surface area contributed by atoms with Gasteiger partial charge in [0.1, 0.15) is 17.4 Å². The lowest BCUT2D eigenvalue weighted by Crippen LogP contribution is -2.49. The van der Waals surface area contributed by atoms with Crippen molar-refractivity contribution in [2.45, 2.75) is 44.9 Å². The number of carbonyl (C=O) groups is 1. The van der Waals surface area contributed by atoms with Crippen molar-refractivity contribution in [2.24, 2.45) is 0 Å². The van der Waals surface area contributed by atoms with E-state index >= 15 is 0 Å². The molecular formula is C28H32F2N2O3. The highest BCUT2D eigenvalue weighted by Crippen LogP contribution is 2.18. The van der Waals surface area contributed by atoms with Gasteiger partial charge >= 0.3 is 0 Å². The molecule has 0 saturated carbocycles. The Morgan fingerprint density at radius 2 is 1.69 bits per heavy atom. The number of hydrogen-bond donors (Lipinski definition) is 3. The molecule has 7 heteroatoms. The van der Waals surface area contributed by atoms with Crippen LogP contribution in [0.3, 0.4) is 0 Å². The molecule has 0 heterocycles. The van der Waals surface area contributed by atoms with Crippen molar-refractivity contribution in [3.05, 3.63) is 101 Å². The first-order chi connectivity index (χ1) is 16.9. The van der Waals surface area contributed by atoms with Crippen LogP contribution in [0, 0.1) is 11.6 Å². The highest BCUT2D eigenvalue weighted by molar-refractivity contribution is 5.79. The lowest BCUT2D eigenvalue weighted by Gasteiger charge is -2.25.